The zero-order valence-electron chi connectivity index (χ0n) is 17.4. The molecule has 0 bridgehead atoms. The molecule has 0 aromatic heterocycles. The van der Waals surface area contributed by atoms with Crippen LogP contribution in [0.2, 0.25) is 0 Å². The third-order valence-electron chi connectivity index (χ3n) is 5.36. The van der Waals surface area contributed by atoms with Crippen LogP contribution < -0.4 is 5.32 Å². The monoisotopic (exact) mass is 401 g/mol. The fourth-order valence-corrected chi connectivity index (χ4v) is 3.76. The topological polar surface area (TPSA) is 77.5 Å². The molecular formula is C21H31N5O3. The van der Waals surface area contributed by atoms with Crippen molar-refractivity contribution in [3.63, 3.8) is 0 Å². The summed E-state index contributed by atoms with van der Waals surface area (Å²) in [5.74, 6) is 1.01. The van der Waals surface area contributed by atoms with Gasteiger partial charge in [-0.05, 0) is 24.5 Å². The Morgan fingerprint density at radius 1 is 1.03 bits per heavy atom. The molecule has 3 rings (SSSR count). The number of guanidine groups is 1. The van der Waals surface area contributed by atoms with E-state index in [-0.39, 0.29) is 12.0 Å². The Morgan fingerprint density at radius 3 is 2.24 bits per heavy atom. The van der Waals surface area contributed by atoms with Crippen LogP contribution in [0.1, 0.15) is 30.9 Å². The van der Waals surface area contributed by atoms with Crippen LogP contribution >= 0.6 is 0 Å². The van der Waals surface area contributed by atoms with E-state index in [1.807, 2.05) is 24.0 Å². The molecule has 2 aliphatic heterocycles. The van der Waals surface area contributed by atoms with E-state index in [4.69, 9.17) is 4.74 Å². The molecule has 1 N–H and O–H groups in total. The molecule has 1 aromatic rings. The Balaban J connectivity index is 1.35. The van der Waals surface area contributed by atoms with Gasteiger partial charge in [0, 0.05) is 59.3 Å². The predicted molar refractivity (Wildman–Crippen MR) is 111 cm³/mol. The highest BCUT2D eigenvalue weighted by Gasteiger charge is 2.24. The van der Waals surface area contributed by atoms with E-state index in [1.165, 1.54) is 11.1 Å². The van der Waals surface area contributed by atoms with Gasteiger partial charge in [-0.15, -0.1) is 0 Å². The first-order valence-corrected chi connectivity index (χ1v) is 10.3. The largest absolute Gasteiger partial charge is 0.450 e. The Labute approximate surface area is 172 Å². The maximum absolute atomic E-state index is 12.5. The number of aliphatic imine (C=N–C) groups is 1. The molecule has 0 spiro atoms. The number of hydrogen-bond donors (Lipinski definition) is 1. The minimum Gasteiger partial charge on any atom is -0.450 e. The smallest absolute Gasteiger partial charge is 0.409 e. The summed E-state index contributed by atoms with van der Waals surface area (Å²) < 4.78 is 5.05. The minimum atomic E-state index is -0.252. The van der Waals surface area contributed by atoms with E-state index in [0.29, 0.717) is 45.8 Å². The lowest BCUT2D eigenvalue weighted by Crippen LogP contribution is -2.54. The van der Waals surface area contributed by atoms with E-state index in [1.54, 1.807) is 11.9 Å². The number of hydrogen-bond acceptors (Lipinski definition) is 4. The third kappa shape index (κ3) is 5.40. The molecule has 0 aliphatic carbocycles. The quantitative estimate of drug-likeness (QED) is 0.461. The molecular weight excluding hydrogens is 370 g/mol. The van der Waals surface area contributed by atoms with Crippen LogP contribution in [0.4, 0.5) is 4.79 Å². The number of fused-ring (bicyclic) bond motifs is 1. The Bertz CT molecular complexity index is 719. The van der Waals surface area contributed by atoms with Gasteiger partial charge in [-0.3, -0.25) is 9.79 Å². The number of carbonyl (C=O) groups is 2. The number of carbonyl (C=O) groups excluding carboxylic acids is 2. The molecule has 1 fully saturated rings. The van der Waals surface area contributed by atoms with Crippen LogP contribution in [0.5, 0.6) is 0 Å². The fourth-order valence-electron chi connectivity index (χ4n) is 3.76. The van der Waals surface area contributed by atoms with Crippen LogP contribution in [0.15, 0.2) is 29.3 Å². The second kappa shape index (κ2) is 10.1. The molecule has 0 saturated carbocycles. The van der Waals surface area contributed by atoms with Crippen molar-refractivity contribution < 1.29 is 14.3 Å². The lowest BCUT2D eigenvalue weighted by atomic mass is 10.1. The first-order chi connectivity index (χ1) is 14.1. The lowest BCUT2D eigenvalue weighted by molar-refractivity contribution is -0.131. The van der Waals surface area contributed by atoms with Crippen LogP contribution in [-0.4, -0.2) is 79.0 Å². The molecule has 158 valence electrons. The van der Waals surface area contributed by atoms with Crippen molar-refractivity contribution in [2.45, 2.75) is 32.9 Å². The summed E-state index contributed by atoms with van der Waals surface area (Å²) in [5, 5.41) is 3.34. The van der Waals surface area contributed by atoms with Crippen molar-refractivity contribution in [3.05, 3.63) is 35.4 Å². The van der Waals surface area contributed by atoms with Crippen molar-refractivity contribution in [2.24, 2.45) is 4.99 Å². The van der Waals surface area contributed by atoms with Gasteiger partial charge in [-0.1, -0.05) is 24.3 Å². The highest BCUT2D eigenvalue weighted by molar-refractivity contribution is 5.80. The summed E-state index contributed by atoms with van der Waals surface area (Å²) in [7, 11) is 1.76. The van der Waals surface area contributed by atoms with Crippen molar-refractivity contribution >= 4 is 18.0 Å². The standard InChI is InChI=1S/C21H31N5O3/c1-3-29-21(28)25-13-11-24(12-14-25)20(22-2)23-10-6-9-19(27)26-15-17-7-4-5-8-18(17)16-26/h4-5,7-8H,3,6,9-16H2,1-2H3,(H,22,23). The number of rotatable bonds is 5. The maximum atomic E-state index is 12.5. The Morgan fingerprint density at radius 2 is 1.66 bits per heavy atom. The maximum Gasteiger partial charge on any atom is 0.409 e. The van der Waals surface area contributed by atoms with Crippen LogP contribution in [-0.2, 0) is 22.6 Å². The van der Waals surface area contributed by atoms with Gasteiger partial charge >= 0.3 is 6.09 Å². The number of benzene rings is 1. The average Bonchev–Trinajstić information content (AvgIpc) is 3.18. The van der Waals surface area contributed by atoms with Crippen molar-refractivity contribution in [2.75, 3.05) is 46.4 Å². The normalized spacial score (nSPS) is 16.6. The van der Waals surface area contributed by atoms with E-state index in [2.05, 4.69) is 27.3 Å². The van der Waals surface area contributed by atoms with Crippen LogP contribution in [0, 0.1) is 0 Å². The molecule has 2 amide bonds. The molecule has 8 nitrogen and oxygen atoms in total. The number of nitrogens with one attached hydrogen (secondary N) is 1. The first kappa shape index (κ1) is 21.0. The highest BCUT2D eigenvalue weighted by Crippen LogP contribution is 2.22. The molecule has 8 heteroatoms. The summed E-state index contributed by atoms with van der Waals surface area (Å²) in [5.41, 5.74) is 2.50. The predicted octanol–water partition coefficient (Wildman–Crippen LogP) is 1.66. The summed E-state index contributed by atoms with van der Waals surface area (Å²) in [6, 6.07) is 8.23. The zero-order chi connectivity index (χ0) is 20.6. The van der Waals surface area contributed by atoms with Gasteiger partial charge in [0.2, 0.25) is 5.91 Å². The molecule has 1 saturated heterocycles. The summed E-state index contributed by atoms with van der Waals surface area (Å²) in [6.07, 6.45) is 1.03. The number of nitrogens with zero attached hydrogens (tertiary/aromatic N) is 4. The second-order valence-electron chi connectivity index (χ2n) is 7.27. The van der Waals surface area contributed by atoms with Crippen molar-refractivity contribution in [1.82, 2.24) is 20.0 Å². The molecule has 0 atom stereocenters. The van der Waals surface area contributed by atoms with Gasteiger partial charge in [0.25, 0.3) is 0 Å². The van der Waals surface area contributed by atoms with E-state index in [0.717, 1.165) is 25.5 Å². The van der Waals surface area contributed by atoms with Gasteiger partial charge in [-0.2, -0.15) is 0 Å². The minimum absolute atomic E-state index is 0.195. The number of amides is 2. The SMILES string of the molecule is CCOC(=O)N1CCN(C(=NC)NCCCC(=O)N2Cc3ccccc3C2)CC1. The van der Waals surface area contributed by atoms with Gasteiger partial charge in [0.05, 0.1) is 6.61 Å². The summed E-state index contributed by atoms with van der Waals surface area (Å²) in [6.45, 7) is 6.99. The third-order valence-corrected chi connectivity index (χ3v) is 5.36. The Kier molecular flexibility index (Phi) is 7.32. The molecule has 0 radical (unpaired) electrons. The van der Waals surface area contributed by atoms with Gasteiger partial charge in [-0.25, -0.2) is 4.79 Å². The van der Waals surface area contributed by atoms with Crippen molar-refractivity contribution in [3.8, 4) is 0 Å². The molecule has 2 heterocycles. The summed E-state index contributed by atoms with van der Waals surface area (Å²) >= 11 is 0. The van der Waals surface area contributed by atoms with E-state index >= 15 is 0 Å². The molecule has 29 heavy (non-hydrogen) atoms. The van der Waals surface area contributed by atoms with Crippen molar-refractivity contribution in [1.29, 1.82) is 0 Å². The highest BCUT2D eigenvalue weighted by atomic mass is 16.6. The number of piperazine rings is 1. The van der Waals surface area contributed by atoms with Gasteiger partial charge in [0.1, 0.15) is 0 Å². The number of ether oxygens (including phenoxy) is 1. The average molecular weight is 402 g/mol. The molecule has 1 aromatic carbocycles. The van der Waals surface area contributed by atoms with Crippen LogP contribution in [0.3, 0.4) is 0 Å². The lowest BCUT2D eigenvalue weighted by Gasteiger charge is -2.35. The van der Waals surface area contributed by atoms with E-state index < -0.39 is 0 Å². The molecule has 2 aliphatic rings. The zero-order valence-corrected chi connectivity index (χ0v) is 17.4. The van der Waals surface area contributed by atoms with Crippen LogP contribution in [0.25, 0.3) is 0 Å². The van der Waals surface area contributed by atoms with E-state index in [9.17, 15) is 9.59 Å². The Hall–Kier alpha value is -2.77. The molecule has 0 unspecified atom stereocenters. The summed E-state index contributed by atoms with van der Waals surface area (Å²) in [4.78, 5) is 34.4. The fraction of sp³-hybridized carbons (Fsp3) is 0.571. The second-order valence-corrected chi connectivity index (χ2v) is 7.27. The van der Waals surface area contributed by atoms with Gasteiger partial charge < -0.3 is 24.8 Å². The first-order valence-electron chi connectivity index (χ1n) is 10.3. The van der Waals surface area contributed by atoms with Gasteiger partial charge in [0.15, 0.2) is 5.96 Å².